The lowest BCUT2D eigenvalue weighted by atomic mass is 9.90. The molecule has 6 heteroatoms. The van der Waals surface area contributed by atoms with Crippen molar-refractivity contribution in [2.45, 2.75) is 58.3 Å². The number of ether oxygens (including phenoxy) is 1. The zero-order valence-electron chi connectivity index (χ0n) is 21.2. The van der Waals surface area contributed by atoms with Crippen molar-refractivity contribution in [1.29, 1.82) is 0 Å². The number of hydrogen-bond donors (Lipinski definition) is 0. The molecule has 0 bridgehead atoms. The number of nitrogens with zero attached hydrogens (tertiary/aromatic N) is 2. The van der Waals surface area contributed by atoms with E-state index in [1.54, 1.807) is 11.0 Å². The lowest BCUT2D eigenvalue weighted by Gasteiger charge is -2.38. The predicted molar refractivity (Wildman–Crippen MR) is 137 cm³/mol. The van der Waals surface area contributed by atoms with Crippen molar-refractivity contribution in [1.82, 2.24) is 9.80 Å². The highest BCUT2D eigenvalue weighted by Crippen LogP contribution is 2.27. The predicted octanol–water partition coefficient (Wildman–Crippen LogP) is 6.37. The Balaban J connectivity index is 1.54. The second-order valence-corrected chi connectivity index (χ2v) is 10.5. The maximum absolute atomic E-state index is 14.0. The van der Waals surface area contributed by atoms with Gasteiger partial charge in [-0.3, -0.25) is 4.90 Å². The number of amides is 1. The van der Waals surface area contributed by atoms with E-state index in [-0.39, 0.29) is 23.8 Å². The maximum atomic E-state index is 14.0. The molecule has 4 rings (SSSR count). The van der Waals surface area contributed by atoms with Gasteiger partial charge in [0.25, 0.3) is 0 Å². The molecule has 1 aliphatic heterocycles. The fourth-order valence-electron chi connectivity index (χ4n) is 4.64. The molecule has 1 unspecified atom stereocenters. The summed E-state index contributed by atoms with van der Waals surface area (Å²) in [5, 5.41) is 0. The van der Waals surface area contributed by atoms with Gasteiger partial charge in [-0.2, -0.15) is 0 Å². The van der Waals surface area contributed by atoms with Crippen LogP contribution < -0.4 is 0 Å². The molecule has 3 aromatic rings. The highest BCUT2D eigenvalue weighted by atomic mass is 19.1. The van der Waals surface area contributed by atoms with Crippen LogP contribution in [0.1, 0.15) is 43.0 Å². The van der Waals surface area contributed by atoms with Crippen LogP contribution in [-0.2, 0) is 30.7 Å². The first-order valence-electron chi connectivity index (χ1n) is 12.4. The van der Waals surface area contributed by atoms with Crippen LogP contribution >= 0.6 is 0 Å². The molecule has 0 aromatic heterocycles. The van der Waals surface area contributed by atoms with Crippen LogP contribution in [-0.4, -0.2) is 40.6 Å². The third-order valence-electron chi connectivity index (χ3n) is 6.42. The zero-order valence-corrected chi connectivity index (χ0v) is 21.2. The normalized spacial score (nSPS) is 15.9. The third kappa shape index (κ3) is 7.14. The molecule has 0 saturated heterocycles. The number of hydrogen-bond acceptors (Lipinski definition) is 3. The van der Waals surface area contributed by atoms with Crippen LogP contribution in [0.2, 0.25) is 0 Å². The monoisotopic (exact) mass is 492 g/mol. The molecule has 1 heterocycles. The molecule has 36 heavy (non-hydrogen) atoms. The van der Waals surface area contributed by atoms with E-state index in [0.29, 0.717) is 26.2 Å². The van der Waals surface area contributed by atoms with E-state index in [0.717, 1.165) is 35.1 Å². The van der Waals surface area contributed by atoms with Gasteiger partial charge in [-0.05, 0) is 80.1 Å². The van der Waals surface area contributed by atoms with Crippen molar-refractivity contribution in [3.05, 3.63) is 107 Å². The zero-order chi connectivity index (χ0) is 25.7. The summed E-state index contributed by atoms with van der Waals surface area (Å²) >= 11 is 0. The average Bonchev–Trinajstić information content (AvgIpc) is 2.83. The number of benzene rings is 3. The van der Waals surface area contributed by atoms with E-state index in [1.165, 1.54) is 18.2 Å². The fourth-order valence-corrected chi connectivity index (χ4v) is 4.64. The van der Waals surface area contributed by atoms with Gasteiger partial charge in [0.05, 0.1) is 0 Å². The summed E-state index contributed by atoms with van der Waals surface area (Å²) in [6, 6.07) is 21.6. The van der Waals surface area contributed by atoms with Crippen LogP contribution in [0.3, 0.4) is 0 Å². The summed E-state index contributed by atoms with van der Waals surface area (Å²) in [6.45, 7) is 7.69. The SMILES string of the molecule is CC(C)(C)OC(=O)N(CCN1Cc2cc(F)ccc2CC1Cc1ccc(F)cc1)Cc1ccccc1. The number of carbonyl (C=O) groups excluding carboxylic acids is 1. The second-order valence-electron chi connectivity index (χ2n) is 10.5. The second kappa shape index (κ2) is 11.2. The minimum atomic E-state index is -0.598. The number of halogens is 2. The molecule has 1 aliphatic rings. The molecule has 190 valence electrons. The van der Waals surface area contributed by atoms with Crippen molar-refractivity contribution < 1.29 is 18.3 Å². The molecule has 0 N–H and O–H groups in total. The Morgan fingerprint density at radius 1 is 0.944 bits per heavy atom. The first kappa shape index (κ1) is 25.8. The molecular weight excluding hydrogens is 458 g/mol. The van der Waals surface area contributed by atoms with Gasteiger partial charge in [0, 0.05) is 32.2 Å². The number of fused-ring (bicyclic) bond motifs is 1. The van der Waals surface area contributed by atoms with Gasteiger partial charge in [-0.25, -0.2) is 13.6 Å². The highest BCUT2D eigenvalue weighted by Gasteiger charge is 2.29. The Hall–Kier alpha value is -3.25. The van der Waals surface area contributed by atoms with Gasteiger partial charge in [-0.15, -0.1) is 0 Å². The molecular formula is C30H34F2N2O2. The molecule has 1 atom stereocenters. The summed E-state index contributed by atoms with van der Waals surface area (Å²) < 4.78 is 33.2. The molecule has 0 radical (unpaired) electrons. The summed E-state index contributed by atoms with van der Waals surface area (Å²) in [5.41, 5.74) is 3.58. The lowest BCUT2D eigenvalue weighted by Crippen LogP contribution is -2.47. The highest BCUT2D eigenvalue weighted by molar-refractivity contribution is 5.68. The third-order valence-corrected chi connectivity index (χ3v) is 6.42. The lowest BCUT2D eigenvalue weighted by molar-refractivity contribution is 0.0198. The first-order valence-corrected chi connectivity index (χ1v) is 12.4. The molecule has 3 aromatic carbocycles. The Morgan fingerprint density at radius 2 is 1.64 bits per heavy atom. The van der Waals surface area contributed by atoms with Gasteiger partial charge < -0.3 is 9.64 Å². The maximum Gasteiger partial charge on any atom is 0.410 e. The molecule has 0 spiro atoms. The van der Waals surface area contributed by atoms with Gasteiger partial charge in [0.15, 0.2) is 0 Å². The van der Waals surface area contributed by atoms with E-state index in [2.05, 4.69) is 4.90 Å². The number of carbonyl (C=O) groups is 1. The summed E-state index contributed by atoms with van der Waals surface area (Å²) in [5.74, 6) is -0.501. The fraction of sp³-hybridized carbons (Fsp3) is 0.367. The van der Waals surface area contributed by atoms with E-state index in [1.807, 2.05) is 69.3 Å². The first-order chi connectivity index (χ1) is 17.2. The Morgan fingerprint density at radius 3 is 2.33 bits per heavy atom. The van der Waals surface area contributed by atoms with Crippen molar-refractivity contribution >= 4 is 6.09 Å². The van der Waals surface area contributed by atoms with Crippen molar-refractivity contribution in [2.24, 2.45) is 0 Å². The van der Waals surface area contributed by atoms with Crippen LogP contribution in [0, 0.1) is 11.6 Å². The Bertz CT molecular complexity index is 1160. The minimum absolute atomic E-state index is 0.144. The topological polar surface area (TPSA) is 32.8 Å². The van der Waals surface area contributed by atoms with Crippen molar-refractivity contribution in [3.63, 3.8) is 0 Å². The largest absolute Gasteiger partial charge is 0.444 e. The van der Waals surface area contributed by atoms with Crippen LogP contribution in [0.5, 0.6) is 0 Å². The smallest absolute Gasteiger partial charge is 0.410 e. The molecule has 0 saturated carbocycles. The van der Waals surface area contributed by atoms with E-state index in [4.69, 9.17) is 4.74 Å². The quantitative estimate of drug-likeness (QED) is 0.384. The van der Waals surface area contributed by atoms with Crippen molar-refractivity contribution in [3.8, 4) is 0 Å². The minimum Gasteiger partial charge on any atom is -0.444 e. The molecule has 1 amide bonds. The summed E-state index contributed by atoms with van der Waals surface area (Å²) in [6.07, 6.45) is 1.14. The summed E-state index contributed by atoms with van der Waals surface area (Å²) in [7, 11) is 0. The molecule has 0 aliphatic carbocycles. The standard InChI is InChI=1S/C30H34F2N2O2/c1-30(2,3)36-29(35)34(20-23-7-5-4-6-8-23)16-15-33-21-25-18-27(32)14-11-24(25)19-28(33)17-22-9-12-26(31)13-10-22/h4-14,18,28H,15-17,19-21H2,1-3H3. The average molecular weight is 493 g/mol. The van der Waals surface area contributed by atoms with Crippen molar-refractivity contribution in [2.75, 3.05) is 13.1 Å². The van der Waals surface area contributed by atoms with E-state index >= 15 is 0 Å². The van der Waals surface area contributed by atoms with E-state index < -0.39 is 5.60 Å². The molecule has 4 nitrogen and oxygen atoms in total. The van der Waals surface area contributed by atoms with Gasteiger partial charge >= 0.3 is 6.09 Å². The van der Waals surface area contributed by atoms with Crippen LogP contribution in [0.4, 0.5) is 13.6 Å². The van der Waals surface area contributed by atoms with E-state index in [9.17, 15) is 13.6 Å². The summed E-state index contributed by atoms with van der Waals surface area (Å²) in [4.78, 5) is 17.1. The van der Waals surface area contributed by atoms with Gasteiger partial charge in [-0.1, -0.05) is 48.5 Å². The van der Waals surface area contributed by atoms with Gasteiger partial charge in [0.1, 0.15) is 17.2 Å². The Labute approximate surface area is 212 Å². The van der Waals surface area contributed by atoms with Crippen LogP contribution in [0.25, 0.3) is 0 Å². The molecule has 0 fully saturated rings. The number of rotatable bonds is 7. The van der Waals surface area contributed by atoms with Crippen LogP contribution in [0.15, 0.2) is 72.8 Å². The van der Waals surface area contributed by atoms with Gasteiger partial charge in [0.2, 0.25) is 0 Å². The Kier molecular flexibility index (Phi) is 8.04.